The zero-order valence-corrected chi connectivity index (χ0v) is 17.6. The van der Waals surface area contributed by atoms with Gasteiger partial charge in [-0.2, -0.15) is 26.3 Å². The number of esters is 1. The summed E-state index contributed by atoms with van der Waals surface area (Å²) in [5.74, 6) is -1.32. The maximum absolute atomic E-state index is 12.6. The fourth-order valence-electron chi connectivity index (χ4n) is 2.46. The Morgan fingerprint density at radius 2 is 1.60 bits per heavy atom. The van der Waals surface area contributed by atoms with E-state index >= 15 is 0 Å². The molecule has 0 saturated heterocycles. The molecule has 0 fully saturated rings. The monoisotopic (exact) mass is 550 g/mol. The number of hydrogen-bond acceptors (Lipinski definition) is 4. The summed E-state index contributed by atoms with van der Waals surface area (Å²) < 4.78 is 84.7. The van der Waals surface area contributed by atoms with Crippen molar-refractivity contribution in [1.82, 2.24) is 0 Å². The summed E-state index contributed by atoms with van der Waals surface area (Å²) in [7, 11) is 0. The fourth-order valence-corrected chi connectivity index (χ4v) is 2.84. The largest absolute Gasteiger partial charge is 0.482 e. The molecular formula is C19H17F6IO4. The lowest BCUT2D eigenvalue weighted by Gasteiger charge is -2.31. The predicted octanol–water partition coefficient (Wildman–Crippen LogP) is 5.50. The molecular weight excluding hydrogens is 533 g/mol. The van der Waals surface area contributed by atoms with E-state index in [0.717, 1.165) is 22.8 Å². The lowest BCUT2D eigenvalue weighted by atomic mass is 10.0. The number of carbonyl (C=O) groups excluding carboxylic acids is 1. The highest BCUT2D eigenvalue weighted by Gasteiger charge is 2.71. The van der Waals surface area contributed by atoms with Gasteiger partial charge in [-0.1, -0.05) is 53.8 Å². The molecule has 30 heavy (non-hydrogen) atoms. The summed E-state index contributed by atoms with van der Waals surface area (Å²) >= 11 is 2.32. The van der Waals surface area contributed by atoms with Crippen molar-refractivity contribution in [3.8, 4) is 5.75 Å². The van der Waals surface area contributed by atoms with Gasteiger partial charge in [-0.25, -0.2) is 4.79 Å². The summed E-state index contributed by atoms with van der Waals surface area (Å²) in [4.78, 5) is 11.5. The third kappa shape index (κ3) is 5.48. The zero-order chi connectivity index (χ0) is 22.7. The first-order valence-electron chi connectivity index (χ1n) is 8.60. The van der Waals surface area contributed by atoms with Crippen LogP contribution >= 0.6 is 22.6 Å². The Morgan fingerprint density at radius 3 is 2.17 bits per heavy atom. The van der Waals surface area contributed by atoms with Crippen molar-refractivity contribution in [2.75, 3.05) is 13.2 Å². The Bertz CT molecular complexity index is 883. The van der Waals surface area contributed by atoms with Gasteiger partial charge in [-0.15, -0.1) is 0 Å². The molecule has 1 N–H and O–H groups in total. The Labute approximate surface area is 181 Å². The van der Waals surface area contributed by atoms with Crippen molar-refractivity contribution in [2.45, 2.75) is 35.2 Å². The minimum atomic E-state index is -6.07. The lowest BCUT2D eigenvalue weighted by molar-refractivity contribution is -0.375. The second-order valence-electron chi connectivity index (χ2n) is 6.45. The summed E-state index contributed by atoms with van der Waals surface area (Å²) in [6.45, 7) is -1.19. The molecule has 0 bridgehead atoms. The highest BCUT2D eigenvalue weighted by atomic mass is 127. The van der Waals surface area contributed by atoms with Crippen LogP contribution in [0.5, 0.6) is 5.75 Å². The SMILES string of the molecule is CCC(I)c1ccc2cc(OCC(=O)OCC(O)(C(F)(F)F)C(F)(F)F)ccc2c1. The van der Waals surface area contributed by atoms with Crippen molar-refractivity contribution < 1.29 is 45.7 Å². The van der Waals surface area contributed by atoms with Crippen molar-refractivity contribution in [1.29, 1.82) is 0 Å². The summed E-state index contributed by atoms with van der Waals surface area (Å²) in [5.41, 5.74) is -4.03. The molecule has 0 radical (unpaired) electrons. The highest BCUT2D eigenvalue weighted by Crippen LogP contribution is 2.43. The van der Waals surface area contributed by atoms with Crippen molar-refractivity contribution in [2.24, 2.45) is 0 Å². The van der Waals surface area contributed by atoms with Crippen molar-refractivity contribution in [3.63, 3.8) is 0 Å². The van der Waals surface area contributed by atoms with Gasteiger partial charge in [0.1, 0.15) is 12.4 Å². The third-order valence-corrected chi connectivity index (χ3v) is 5.89. The van der Waals surface area contributed by atoms with E-state index in [1.807, 2.05) is 18.2 Å². The highest BCUT2D eigenvalue weighted by molar-refractivity contribution is 14.1. The number of hydrogen-bond donors (Lipinski definition) is 1. The molecule has 0 heterocycles. The number of carbonyl (C=O) groups is 1. The molecule has 0 amide bonds. The van der Waals surface area contributed by atoms with E-state index in [2.05, 4.69) is 34.3 Å². The molecule has 166 valence electrons. The second-order valence-corrected chi connectivity index (χ2v) is 7.95. The van der Waals surface area contributed by atoms with Gasteiger partial charge in [0.05, 0.1) is 0 Å². The van der Waals surface area contributed by atoms with Gasteiger partial charge in [-0.05, 0) is 34.9 Å². The van der Waals surface area contributed by atoms with E-state index in [-0.39, 0.29) is 5.75 Å². The summed E-state index contributed by atoms with van der Waals surface area (Å²) in [6.07, 6.45) is -11.2. The number of fused-ring (bicyclic) bond motifs is 1. The molecule has 4 nitrogen and oxygen atoms in total. The van der Waals surface area contributed by atoms with Crippen LogP contribution in [0.2, 0.25) is 0 Å². The molecule has 11 heteroatoms. The van der Waals surface area contributed by atoms with E-state index in [0.29, 0.717) is 3.92 Å². The Morgan fingerprint density at radius 1 is 1.03 bits per heavy atom. The predicted molar refractivity (Wildman–Crippen MR) is 105 cm³/mol. The Hall–Kier alpha value is -1.76. The molecule has 0 spiro atoms. The van der Waals surface area contributed by atoms with Crippen LogP contribution in [0.1, 0.15) is 22.8 Å². The molecule has 0 aliphatic rings. The van der Waals surface area contributed by atoms with Crippen LogP contribution in [0.4, 0.5) is 26.3 Å². The first kappa shape index (κ1) is 24.5. The first-order chi connectivity index (χ1) is 13.8. The number of benzene rings is 2. The van der Waals surface area contributed by atoms with Crippen LogP contribution in [0.15, 0.2) is 36.4 Å². The quantitative estimate of drug-likeness (QED) is 0.214. The van der Waals surface area contributed by atoms with Gasteiger partial charge in [0.15, 0.2) is 6.61 Å². The average molecular weight is 550 g/mol. The topological polar surface area (TPSA) is 55.8 Å². The van der Waals surface area contributed by atoms with Gasteiger partial charge >= 0.3 is 18.3 Å². The van der Waals surface area contributed by atoms with E-state index in [1.54, 1.807) is 12.1 Å². The lowest BCUT2D eigenvalue weighted by Crippen LogP contribution is -2.60. The van der Waals surface area contributed by atoms with E-state index in [4.69, 9.17) is 9.84 Å². The number of aliphatic hydroxyl groups is 1. The van der Waals surface area contributed by atoms with Crippen LogP contribution in [-0.4, -0.2) is 42.2 Å². The molecule has 0 aromatic heterocycles. The fraction of sp³-hybridized carbons (Fsp3) is 0.421. The van der Waals surface area contributed by atoms with Crippen molar-refractivity contribution in [3.05, 3.63) is 42.0 Å². The Balaban J connectivity index is 2.01. The van der Waals surface area contributed by atoms with Crippen LogP contribution in [0.3, 0.4) is 0 Å². The number of rotatable bonds is 7. The molecule has 2 rings (SSSR count). The number of alkyl halides is 7. The van der Waals surface area contributed by atoms with Crippen LogP contribution in [0, 0.1) is 0 Å². The van der Waals surface area contributed by atoms with Gasteiger partial charge in [0, 0.05) is 3.92 Å². The van der Waals surface area contributed by atoms with Crippen molar-refractivity contribution >= 4 is 39.3 Å². The molecule has 2 aromatic rings. The van der Waals surface area contributed by atoms with Gasteiger partial charge in [0.25, 0.3) is 5.60 Å². The summed E-state index contributed by atoms with van der Waals surface area (Å²) in [5, 5.41) is 10.6. The van der Waals surface area contributed by atoms with E-state index in [9.17, 15) is 31.1 Å². The molecule has 0 aliphatic carbocycles. The average Bonchev–Trinajstić information content (AvgIpc) is 2.67. The normalized spacial score (nSPS) is 13.9. The van der Waals surface area contributed by atoms with E-state index < -0.39 is 37.1 Å². The smallest absolute Gasteiger partial charge is 0.429 e. The maximum Gasteiger partial charge on any atom is 0.429 e. The number of ether oxygens (including phenoxy) is 2. The van der Waals surface area contributed by atoms with Crippen LogP contribution in [0.25, 0.3) is 10.8 Å². The molecule has 1 unspecified atom stereocenters. The van der Waals surface area contributed by atoms with Gasteiger partial charge in [-0.3, -0.25) is 0 Å². The molecule has 0 aliphatic heterocycles. The van der Waals surface area contributed by atoms with E-state index in [1.165, 1.54) is 6.07 Å². The van der Waals surface area contributed by atoms with Gasteiger partial charge < -0.3 is 14.6 Å². The van der Waals surface area contributed by atoms with Gasteiger partial charge in [0.2, 0.25) is 0 Å². The zero-order valence-electron chi connectivity index (χ0n) is 15.5. The number of halogens is 7. The Kier molecular flexibility index (Phi) is 7.49. The minimum absolute atomic E-state index is 0.176. The molecule has 2 aromatic carbocycles. The standard InChI is InChI=1S/C19H17F6IO4/c1-2-15(26)13-4-3-12-8-14(6-5-11(12)7-13)29-9-16(27)30-10-17(28,18(20,21)22)19(23,24)25/h3-8,15,28H,2,9-10H2,1H3. The molecule has 1 atom stereocenters. The van der Waals surface area contributed by atoms with Crippen LogP contribution in [-0.2, 0) is 9.53 Å². The van der Waals surface area contributed by atoms with Crippen LogP contribution < -0.4 is 4.74 Å². The minimum Gasteiger partial charge on any atom is -0.482 e. The first-order valence-corrected chi connectivity index (χ1v) is 9.85. The molecule has 0 saturated carbocycles. The maximum atomic E-state index is 12.6. The second kappa shape index (κ2) is 9.16. The summed E-state index contributed by atoms with van der Waals surface area (Å²) in [6, 6.07) is 10.5. The third-order valence-electron chi connectivity index (χ3n) is 4.29.